The molecule has 3 atom stereocenters. The standard InChI is InChI=1S/C13H19ClN4O/c1-12(2)7-4-5-13(12,3)8(6-7)19-11-17-9(14)16-10(15)18-11/h7-8H,4-6H2,1-3H3,(H2,15,16,17,18). The Labute approximate surface area is 117 Å². The van der Waals surface area contributed by atoms with E-state index in [1.807, 2.05) is 0 Å². The lowest BCUT2D eigenvalue weighted by molar-refractivity contribution is 0.0241. The molecule has 2 aliphatic carbocycles. The second-order valence-corrected chi connectivity index (χ2v) is 6.80. The minimum Gasteiger partial charge on any atom is -0.459 e. The van der Waals surface area contributed by atoms with Crippen LogP contribution in [0.1, 0.15) is 40.0 Å². The van der Waals surface area contributed by atoms with Crippen molar-refractivity contribution in [3.8, 4) is 6.01 Å². The van der Waals surface area contributed by atoms with Crippen molar-refractivity contribution in [2.45, 2.75) is 46.1 Å². The highest BCUT2D eigenvalue weighted by atomic mass is 35.5. The lowest BCUT2D eigenvalue weighted by atomic mass is 9.70. The maximum Gasteiger partial charge on any atom is 0.322 e. The molecular weight excluding hydrogens is 264 g/mol. The number of rotatable bonds is 2. The van der Waals surface area contributed by atoms with Gasteiger partial charge in [-0.25, -0.2) is 0 Å². The fourth-order valence-corrected chi connectivity index (χ4v) is 3.99. The van der Waals surface area contributed by atoms with Gasteiger partial charge in [-0.2, -0.15) is 15.0 Å². The summed E-state index contributed by atoms with van der Waals surface area (Å²) in [5.74, 6) is 0.805. The third kappa shape index (κ3) is 1.78. The fourth-order valence-electron chi connectivity index (χ4n) is 3.83. The molecule has 1 aromatic heterocycles. The minimum atomic E-state index is 0.0788. The highest BCUT2D eigenvalue weighted by molar-refractivity contribution is 6.28. The second kappa shape index (κ2) is 3.95. The predicted octanol–water partition coefficient (Wildman–Crippen LogP) is 2.70. The zero-order valence-electron chi connectivity index (χ0n) is 11.5. The highest BCUT2D eigenvalue weighted by Crippen LogP contribution is 2.66. The van der Waals surface area contributed by atoms with Crippen LogP contribution in [0, 0.1) is 16.7 Å². The topological polar surface area (TPSA) is 73.9 Å². The van der Waals surface area contributed by atoms with E-state index in [0.717, 1.165) is 6.42 Å². The molecule has 0 aliphatic heterocycles. The summed E-state index contributed by atoms with van der Waals surface area (Å²) < 4.78 is 5.98. The average Bonchev–Trinajstić information content (AvgIpc) is 2.60. The maximum atomic E-state index is 5.98. The minimum absolute atomic E-state index is 0.0788. The number of hydrogen-bond acceptors (Lipinski definition) is 5. The number of halogens is 1. The van der Waals surface area contributed by atoms with E-state index in [1.54, 1.807) is 0 Å². The van der Waals surface area contributed by atoms with E-state index in [1.165, 1.54) is 12.8 Å². The van der Waals surface area contributed by atoms with Gasteiger partial charge in [-0.05, 0) is 42.2 Å². The normalized spacial score (nSPS) is 35.6. The molecule has 1 aromatic rings. The van der Waals surface area contributed by atoms with Gasteiger partial charge < -0.3 is 10.5 Å². The molecule has 2 saturated carbocycles. The monoisotopic (exact) mass is 282 g/mol. The molecule has 2 N–H and O–H groups in total. The van der Waals surface area contributed by atoms with Crippen LogP contribution in [-0.2, 0) is 0 Å². The molecule has 3 unspecified atom stereocenters. The molecule has 0 saturated heterocycles. The van der Waals surface area contributed by atoms with Crippen molar-refractivity contribution in [3.05, 3.63) is 5.28 Å². The van der Waals surface area contributed by atoms with Gasteiger partial charge in [0.2, 0.25) is 11.2 Å². The van der Waals surface area contributed by atoms with E-state index in [-0.39, 0.29) is 28.8 Å². The molecular formula is C13H19ClN4O. The molecule has 0 spiro atoms. The maximum absolute atomic E-state index is 5.98. The van der Waals surface area contributed by atoms with Crippen LogP contribution in [0.4, 0.5) is 5.95 Å². The molecule has 2 bridgehead atoms. The van der Waals surface area contributed by atoms with Crippen molar-refractivity contribution in [1.29, 1.82) is 0 Å². The molecule has 104 valence electrons. The molecule has 6 heteroatoms. The molecule has 19 heavy (non-hydrogen) atoms. The van der Waals surface area contributed by atoms with Crippen molar-refractivity contribution in [1.82, 2.24) is 15.0 Å². The summed E-state index contributed by atoms with van der Waals surface area (Å²) in [6.07, 6.45) is 3.64. The smallest absolute Gasteiger partial charge is 0.322 e. The molecule has 2 fully saturated rings. The van der Waals surface area contributed by atoms with Crippen molar-refractivity contribution in [3.63, 3.8) is 0 Å². The van der Waals surface area contributed by atoms with Crippen LogP contribution in [0.5, 0.6) is 6.01 Å². The fraction of sp³-hybridized carbons (Fsp3) is 0.769. The van der Waals surface area contributed by atoms with Crippen LogP contribution < -0.4 is 10.5 Å². The van der Waals surface area contributed by atoms with Gasteiger partial charge in [0.25, 0.3) is 0 Å². The number of ether oxygens (including phenoxy) is 1. The Morgan fingerprint density at radius 2 is 2.00 bits per heavy atom. The summed E-state index contributed by atoms with van der Waals surface area (Å²) in [6, 6.07) is 0.243. The zero-order chi connectivity index (χ0) is 13.8. The molecule has 0 aromatic carbocycles. The van der Waals surface area contributed by atoms with Crippen LogP contribution in [0.3, 0.4) is 0 Å². The lowest BCUT2D eigenvalue weighted by Crippen LogP contribution is -2.39. The summed E-state index contributed by atoms with van der Waals surface area (Å²) >= 11 is 5.78. The predicted molar refractivity (Wildman–Crippen MR) is 72.9 cm³/mol. The van der Waals surface area contributed by atoms with Crippen LogP contribution in [0.2, 0.25) is 5.28 Å². The number of aromatic nitrogens is 3. The summed E-state index contributed by atoms with van der Waals surface area (Å²) in [5, 5.41) is 0.0788. The van der Waals surface area contributed by atoms with Crippen LogP contribution in [0.25, 0.3) is 0 Å². The van der Waals surface area contributed by atoms with E-state index in [2.05, 4.69) is 35.7 Å². The number of hydrogen-bond donors (Lipinski definition) is 1. The summed E-state index contributed by atoms with van der Waals surface area (Å²) in [5.41, 5.74) is 6.02. The van der Waals surface area contributed by atoms with Crippen molar-refractivity contribution < 1.29 is 4.74 Å². The van der Waals surface area contributed by atoms with E-state index >= 15 is 0 Å². The third-order valence-corrected chi connectivity index (χ3v) is 5.74. The first kappa shape index (κ1) is 12.9. The quantitative estimate of drug-likeness (QED) is 0.903. The summed E-state index contributed by atoms with van der Waals surface area (Å²) in [6.45, 7) is 6.97. The first-order valence-corrected chi connectivity index (χ1v) is 7.04. The largest absolute Gasteiger partial charge is 0.459 e. The molecule has 5 nitrogen and oxygen atoms in total. The molecule has 3 rings (SSSR count). The Morgan fingerprint density at radius 1 is 1.26 bits per heavy atom. The van der Waals surface area contributed by atoms with Gasteiger partial charge in [-0.1, -0.05) is 20.8 Å². The molecule has 0 amide bonds. The summed E-state index contributed by atoms with van der Waals surface area (Å²) in [4.78, 5) is 11.8. The Hall–Kier alpha value is -1.10. The Morgan fingerprint density at radius 3 is 2.53 bits per heavy atom. The Bertz CT molecular complexity index is 501. The van der Waals surface area contributed by atoms with E-state index < -0.39 is 0 Å². The highest BCUT2D eigenvalue weighted by Gasteiger charge is 2.62. The summed E-state index contributed by atoms with van der Waals surface area (Å²) in [7, 11) is 0. The van der Waals surface area contributed by atoms with Gasteiger partial charge >= 0.3 is 6.01 Å². The number of nitrogen functional groups attached to an aromatic ring is 1. The zero-order valence-corrected chi connectivity index (χ0v) is 12.2. The SMILES string of the molecule is CC1(C)C2CCC1(C)C(Oc1nc(N)nc(Cl)n1)C2. The van der Waals surface area contributed by atoms with E-state index in [9.17, 15) is 0 Å². The van der Waals surface area contributed by atoms with Crippen molar-refractivity contribution in [2.24, 2.45) is 16.7 Å². The van der Waals surface area contributed by atoms with Crippen LogP contribution >= 0.6 is 11.6 Å². The molecule has 2 aliphatic rings. The Kier molecular flexibility index (Phi) is 2.68. The van der Waals surface area contributed by atoms with Crippen LogP contribution in [0.15, 0.2) is 0 Å². The lowest BCUT2D eigenvalue weighted by Gasteiger charge is -2.38. The van der Waals surface area contributed by atoms with Gasteiger partial charge in [0.05, 0.1) is 0 Å². The van der Waals surface area contributed by atoms with Gasteiger partial charge in [0.15, 0.2) is 0 Å². The Balaban J connectivity index is 1.86. The van der Waals surface area contributed by atoms with Crippen LogP contribution in [-0.4, -0.2) is 21.1 Å². The van der Waals surface area contributed by atoms with Crippen molar-refractivity contribution >= 4 is 17.5 Å². The third-order valence-electron chi connectivity index (χ3n) is 5.57. The number of nitrogens with zero attached hydrogens (tertiary/aromatic N) is 3. The van der Waals surface area contributed by atoms with Gasteiger partial charge in [-0.15, -0.1) is 0 Å². The number of nitrogens with two attached hydrogens (primary N) is 1. The average molecular weight is 283 g/mol. The van der Waals surface area contributed by atoms with Gasteiger partial charge in [0.1, 0.15) is 6.10 Å². The van der Waals surface area contributed by atoms with Gasteiger partial charge in [0, 0.05) is 5.41 Å². The second-order valence-electron chi connectivity index (χ2n) is 6.46. The van der Waals surface area contributed by atoms with Gasteiger partial charge in [-0.3, -0.25) is 0 Å². The number of anilines is 1. The van der Waals surface area contributed by atoms with E-state index in [0.29, 0.717) is 11.3 Å². The first-order valence-electron chi connectivity index (χ1n) is 6.66. The number of fused-ring (bicyclic) bond motifs is 2. The van der Waals surface area contributed by atoms with Crippen molar-refractivity contribution in [2.75, 3.05) is 5.73 Å². The van der Waals surface area contributed by atoms with E-state index in [4.69, 9.17) is 22.1 Å². The first-order chi connectivity index (χ1) is 8.83. The molecule has 1 heterocycles. The molecule has 0 radical (unpaired) electrons.